The lowest BCUT2D eigenvalue weighted by Crippen LogP contribution is -2.31. The van der Waals surface area contributed by atoms with Gasteiger partial charge < -0.3 is 10.2 Å². The Balaban J connectivity index is 2.11. The van der Waals surface area contributed by atoms with Crippen LogP contribution in [-0.4, -0.2) is 17.7 Å². The summed E-state index contributed by atoms with van der Waals surface area (Å²) < 4.78 is 44.5. The minimum absolute atomic E-state index is 0.188. The number of nitrogens with zero attached hydrogens (tertiary/aromatic N) is 1. The number of hydrogen-bond acceptors (Lipinski definition) is 3. The first-order valence-corrected chi connectivity index (χ1v) is 6.73. The third-order valence-corrected chi connectivity index (χ3v) is 3.72. The second kappa shape index (κ2) is 5.94. The van der Waals surface area contributed by atoms with Crippen molar-refractivity contribution in [1.82, 2.24) is 4.98 Å². The van der Waals surface area contributed by atoms with Crippen LogP contribution in [0, 0.1) is 5.92 Å². The molecule has 0 amide bonds. The van der Waals surface area contributed by atoms with Gasteiger partial charge in [0, 0.05) is 12.3 Å². The van der Waals surface area contributed by atoms with E-state index in [-0.39, 0.29) is 6.42 Å². The molecule has 0 aliphatic heterocycles. The largest absolute Gasteiger partial charge is 0.445 e. The van der Waals surface area contributed by atoms with Gasteiger partial charge in [-0.3, -0.25) is 0 Å². The van der Waals surface area contributed by atoms with Gasteiger partial charge in [-0.2, -0.15) is 13.2 Å². The highest BCUT2D eigenvalue weighted by Crippen LogP contribution is 2.46. The number of hydrogen-bond donors (Lipinski definition) is 1. The van der Waals surface area contributed by atoms with Crippen molar-refractivity contribution in [2.24, 2.45) is 11.7 Å². The molecular weight excluding hydrogens is 257 g/mol. The molecule has 19 heavy (non-hydrogen) atoms. The molecule has 1 heterocycles. The third kappa shape index (κ3) is 3.49. The Bertz CT molecular complexity index is 403. The van der Waals surface area contributed by atoms with Crippen LogP contribution in [0.15, 0.2) is 10.6 Å². The van der Waals surface area contributed by atoms with Crippen molar-refractivity contribution in [2.75, 3.05) is 6.54 Å². The number of aryl methyl sites for hydroxylation is 1. The van der Waals surface area contributed by atoms with Crippen LogP contribution in [0.4, 0.5) is 13.2 Å². The van der Waals surface area contributed by atoms with Gasteiger partial charge in [0.25, 0.3) is 0 Å². The summed E-state index contributed by atoms with van der Waals surface area (Å²) in [6, 6.07) is 0. The molecule has 108 valence electrons. The molecule has 1 aromatic heterocycles. The predicted octanol–water partition coefficient (Wildman–Crippen LogP) is 3.40. The van der Waals surface area contributed by atoms with Crippen LogP contribution in [0.25, 0.3) is 0 Å². The van der Waals surface area contributed by atoms with Crippen molar-refractivity contribution in [1.29, 1.82) is 0 Å². The fraction of sp³-hybridized carbons (Fsp3) is 0.769. The first-order chi connectivity index (χ1) is 9.02. The summed E-state index contributed by atoms with van der Waals surface area (Å²) in [7, 11) is 0. The number of rotatable bonds is 4. The van der Waals surface area contributed by atoms with Crippen LogP contribution in [0.3, 0.4) is 0 Å². The van der Waals surface area contributed by atoms with E-state index < -0.39 is 18.0 Å². The molecule has 0 spiro atoms. The molecule has 0 radical (unpaired) electrons. The number of aromatic nitrogens is 1. The highest BCUT2D eigenvalue weighted by molar-refractivity contribution is 5.07. The highest BCUT2D eigenvalue weighted by atomic mass is 19.4. The first kappa shape index (κ1) is 14.4. The van der Waals surface area contributed by atoms with E-state index in [9.17, 15) is 13.2 Å². The van der Waals surface area contributed by atoms with Crippen molar-refractivity contribution in [3.63, 3.8) is 0 Å². The lowest BCUT2D eigenvalue weighted by atomic mass is 9.77. The molecule has 1 saturated carbocycles. The third-order valence-electron chi connectivity index (χ3n) is 3.72. The van der Waals surface area contributed by atoms with E-state index in [1.54, 1.807) is 0 Å². The Morgan fingerprint density at radius 3 is 2.74 bits per heavy atom. The summed E-state index contributed by atoms with van der Waals surface area (Å²) in [5, 5.41) is 0. The Kier molecular flexibility index (Phi) is 4.50. The summed E-state index contributed by atoms with van der Waals surface area (Å²) in [5.41, 5.74) is 5.39. The van der Waals surface area contributed by atoms with Crippen molar-refractivity contribution in [3.8, 4) is 0 Å². The molecular formula is C13H19F3N2O. The Labute approximate surface area is 110 Å². The quantitative estimate of drug-likeness (QED) is 0.917. The minimum atomic E-state index is -4.16. The van der Waals surface area contributed by atoms with Gasteiger partial charge in [-0.25, -0.2) is 4.98 Å². The zero-order valence-corrected chi connectivity index (χ0v) is 10.7. The number of oxazole rings is 1. The van der Waals surface area contributed by atoms with E-state index in [0.29, 0.717) is 37.5 Å². The van der Waals surface area contributed by atoms with Gasteiger partial charge in [0.2, 0.25) is 0 Å². The van der Waals surface area contributed by atoms with E-state index in [1.807, 2.05) is 0 Å². The van der Waals surface area contributed by atoms with Gasteiger partial charge >= 0.3 is 6.18 Å². The Hall–Kier alpha value is -1.04. The van der Waals surface area contributed by atoms with E-state index >= 15 is 0 Å². The number of nitrogens with two attached hydrogens (primary N) is 1. The topological polar surface area (TPSA) is 52.0 Å². The van der Waals surface area contributed by atoms with Gasteiger partial charge in [-0.15, -0.1) is 0 Å². The molecule has 2 atom stereocenters. The maximum Gasteiger partial charge on any atom is 0.392 e. The van der Waals surface area contributed by atoms with Crippen LogP contribution in [0.2, 0.25) is 0 Å². The van der Waals surface area contributed by atoms with Gasteiger partial charge in [0.1, 0.15) is 5.76 Å². The molecule has 2 rings (SSSR count). The second-order valence-electron chi connectivity index (χ2n) is 5.09. The SMILES string of the molecule is NCCCc1ncc(C2CCCCC2C(F)(F)F)o1. The van der Waals surface area contributed by atoms with Crippen LogP contribution in [-0.2, 0) is 6.42 Å². The zero-order chi connectivity index (χ0) is 13.9. The van der Waals surface area contributed by atoms with Crippen LogP contribution in [0.5, 0.6) is 0 Å². The van der Waals surface area contributed by atoms with E-state index in [1.165, 1.54) is 6.20 Å². The fourth-order valence-electron chi connectivity index (χ4n) is 2.73. The Morgan fingerprint density at radius 2 is 2.05 bits per heavy atom. The van der Waals surface area contributed by atoms with E-state index in [2.05, 4.69) is 4.98 Å². The van der Waals surface area contributed by atoms with E-state index in [0.717, 1.165) is 12.8 Å². The summed E-state index contributed by atoms with van der Waals surface area (Å²) in [4.78, 5) is 4.06. The van der Waals surface area contributed by atoms with Crippen LogP contribution >= 0.6 is 0 Å². The normalized spacial score (nSPS) is 24.6. The summed E-state index contributed by atoms with van der Waals surface area (Å²) in [6.07, 6.45) is 0.775. The molecule has 0 bridgehead atoms. The molecule has 1 aliphatic carbocycles. The molecule has 1 aromatic rings. The average Bonchev–Trinajstić information content (AvgIpc) is 2.84. The molecule has 2 unspecified atom stereocenters. The van der Waals surface area contributed by atoms with Gasteiger partial charge in [0.15, 0.2) is 5.89 Å². The van der Waals surface area contributed by atoms with Gasteiger partial charge in [-0.05, 0) is 25.8 Å². The molecule has 3 nitrogen and oxygen atoms in total. The van der Waals surface area contributed by atoms with E-state index in [4.69, 9.17) is 10.2 Å². The molecule has 0 aromatic carbocycles. The van der Waals surface area contributed by atoms with Crippen molar-refractivity contribution in [2.45, 2.75) is 50.6 Å². The number of alkyl halides is 3. The van der Waals surface area contributed by atoms with Crippen molar-refractivity contribution in [3.05, 3.63) is 17.8 Å². The number of halogens is 3. The zero-order valence-electron chi connectivity index (χ0n) is 10.7. The monoisotopic (exact) mass is 276 g/mol. The van der Waals surface area contributed by atoms with Crippen LogP contribution < -0.4 is 5.73 Å². The fourth-order valence-corrected chi connectivity index (χ4v) is 2.73. The first-order valence-electron chi connectivity index (χ1n) is 6.73. The highest BCUT2D eigenvalue weighted by Gasteiger charge is 2.47. The second-order valence-corrected chi connectivity index (χ2v) is 5.09. The molecule has 2 N–H and O–H groups in total. The molecule has 1 aliphatic rings. The summed E-state index contributed by atoms with van der Waals surface area (Å²) in [6.45, 7) is 0.520. The summed E-state index contributed by atoms with van der Waals surface area (Å²) >= 11 is 0. The van der Waals surface area contributed by atoms with Gasteiger partial charge in [0.05, 0.1) is 12.1 Å². The minimum Gasteiger partial charge on any atom is -0.445 e. The summed E-state index contributed by atoms with van der Waals surface area (Å²) in [5.74, 6) is -0.995. The lowest BCUT2D eigenvalue weighted by molar-refractivity contribution is -0.188. The maximum atomic E-state index is 13.0. The van der Waals surface area contributed by atoms with Crippen LogP contribution in [0.1, 0.15) is 49.7 Å². The van der Waals surface area contributed by atoms with Crippen molar-refractivity contribution >= 4 is 0 Å². The predicted molar refractivity (Wildman–Crippen MR) is 64.6 cm³/mol. The molecule has 1 fully saturated rings. The van der Waals surface area contributed by atoms with Crippen molar-refractivity contribution < 1.29 is 17.6 Å². The van der Waals surface area contributed by atoms with Gasteiger partial charge in [-0.1, -0.05) is 12.8 Å². The average molecular weight is 276 g/mol. The smallest absolute Gasteiger partial charge is 0.392 e. The standard InChI is InChI=1S/C13H19F3N2O/c14-13(15,16)10-5-2-1-4-9(10)11-8-18-12(19-11)6-3-7-17/h8-10H,1-7,17H2. The Morgan fingerprint density at radius 1 is 1.32 bits per heavy atom. The lowest BCUT2D eigenvalue weighted by Gasteiger charge is -2.31. The molecule has 6 heteroatoms. The maximum absolute atomic E-state index is 13.0. The molecule has 0 saturated heterocycles.